The highest BCUT2D eigenvalue weighted by Crippen LogP contribution is 2.80. The van der Waals surface area contributed by atoms with Crippen LogP contribution in [0, 0.1) is 17.3 Å². The molecule has 174 valence electrons. The fourth-order valence-corrected chi connectivity index (χ4v) is 7.93. The number of carbonyl (C=O) groups is 1. The molecule has 2 aromatic rings. The predicted molar refractivity (Wildman–Crippen MR) is 129 cm³/mol. The lowest BCUT2D eigenvalue weighted by molar-refractivity contribution is 0.0953. The second kappa shape index (κ2) is 7.19. The molecule has 2 heterocycles. The van der Waals surface area contributed by atoms with Gasteiger partial charge in [-0.1, -0.05) is 30.3 Å². The minimum absolute atomic E-state index is 0.183. The molecule has 2 unspecified atom stereocenters. The predicted octanol–water partition coefficient (Wildman–Crippen LogP) is 3.87. The number of likely N-dealkylation sites (tertiary alicyclic amines) is 1. The van der Waals surface area contributed by atoms with Crippen LogP contribution in [0.25, 0.3) is 0 Å². The molecular weight excluding hydrogens is 426 g/mol. The fraction of sp³-hybridized carbons (Fsp3) is 0.429. The number of hydrogen-bond donors (Lipinski definition) is 2. The third-order valence-electron chi connectivity index (χ3n) is 9.19. The highest BCUT2D eigenvalue weighted by molar-refractivity contribution is 5.96. The van der Waals surface area contributed by atoms with Gasteiger partial charge in [0.15, 0.2) is 11.5 Å². The lowest BCUT2D eigenvalue weighted by Crippen LogP contribution is -2.46. The van der Waals surface area contributed by atoms with Crippen LogP contribution in [-0.2, 0) is 6.42 Å². The second-order valence-corrected chi connectivity index (χ2v) is 10.5. The SMILES string of the molecule is C=CCN1CC[C@H]2C3C4c5c6ccc(O)c5O[C@H]2C(=NNC(=O)c2ccccc2)CC[C@@]43[C@H]1C6. The van der Waals surface area contributed by atoms with Gasteiger partial charge in [0.05, 0.1) is 5.71 Å². The smallest absolute Gasteiger partial charge is 0.271 e. The standard InChI is InChI=1S/C28H29N3O3/c1-2-13-31-14-11-18-23-24-22-17-8-9-20(32)26(22)34-25(18)19(10-12-28(23,24)21(31)15-17)29-30-27(33)16-6-4-3-5-7-16/h2-9,18,21,23-25,32H,1,10-15H2,(H,30,33)/t18-,21+,23?,24?,25+,28-/m0/s1. The average molecular weight is 456 g/mol. The zero-order chi connectivity index (χ0) is 23.0. The van der Waals surface area contributed by atoms with Crippen molar-refractivity contribution >= 4 is 11.6 Å². The van der Waals surface area contributed by atoms with E-state index in [0.717, 1.165) is 44.5 Å². The highest BCUT2D eigenvalue weighted by atomic mass is 16.5. The van der Waals surface area contributed by atoms with Crippen LogP contribution in [0.1, 0.15) is 46.7 Å². The van der Waals surface area contributed by atoms with Gasteiger partial charge in [0.1, 0.15) is 6.10 Å². The first-order valence-corrected chi connectivity index (χ1v) is 12.4. The minimum Gasteiger partial charge on any atom is -0.504 e. The number of hydrogen-bond acceptors (Lipinski definition) is 5. The van der Waals surface area contributed by atoms with Crippen LogP contribution in [0.3, 0.4) is 0 Å². The Balaban J connectivity index is 1.33. The molecule has 3 aliphatic carbocycles. The number of carbonyl (C=O) groups excluding carboxylic acids is 1. The second-order valence-electron chi connectivity index (χ2n) is 10.5. The molecule has 6 nitrogen and oxygen atoms in total. The highest BCUT2D eigenvalue weighted by Gasteiger charge is 2.77. The van der Waals surface area contributed by atoms with Gasteiger partial charge in [-0.25, -0.2) is 5.43 Å². The molecule has 2 aromatic carbocycles. The molecule has 1 amide bonds. The summed E-state index contributed by atoms with van der Waals surface area (Å²) in [4.78, 5) is 15.3. The molecule has 7 rings (SSSR count). The van der Waals surface area contributed by atoms with Gasteiger partial charge in [0.2, 0.25) is 0 Å². The summed E-state index contributed by atoms with van der Waals surface area (Å²) in [5, 5.41) is 15.5. The Hall–Kier alpha value is -3.12. The molecular formula is C28H29N3O3. The van der Waals surface area contributed by atoms with Crippen molar-refractivity contribution in [3.8, 4) is 11.5 Å². The Labute approximate surface area is 199 Å². The monoisotopic (exact) mass is 455 g/mol. The van der Waals surface area contributed by atoms with Crippen molar-refractivity contribution in [2.75, 3.05) is 13.1 Å². The maximum atomic E-state index is 12.7. The minimum atomic E-state index is -0.238. The molecule has 2 aliphatic heterocycles. The van der Waals surface area contributed by atoms with E-state index in [9.17, 15) is 9.90 Å². The van der Waals surface area contributed by atoms with Crippen molar-refractivity contribution in [3.63, 3.8) is 0 Å². The third-order valence-corrected chi connectivity index (χ3v) is 9.19. The van der Waals surface area contributed by atoms with E-state index in [1.165, 1.54) is 11.1 Å². The zero-order valence-electron chi connectivity index (χ0n) is 19.1. The Morgan fingerprint density at radius 3 is 2.97 bits per heavy atom. The van der Waals surface area contributed by atoms with E-state index in [-0.39, 0.29) is 23.2 Å². The molecule has 2 N–H and O–H groups in total. The molecule has 1 saturated heterocycles. The van der Waals surface area contributed by atoms with Gasteiger partial charge in [-0.05, 0) is 73.2 Å². The van der Waals surface area contributed by atoms with Crippen LogP contribution in [0.2, 0.25) is 0 Å². The number of phenolic OH excluding ortho intramolecular Hbond substituents is 1. The number of benzene rings is 2. The van der Waals surface area contributed by atoms with Crippen molar-refractivity contribution in [1.29, 1.82) is 0 Å². The van der Waals surface area contributed by atoms with Crippen molar-refractivity contribution in [2.24, 2.45) is 22.4 Å². The van der Waals surface area contributed by atoms with Crippen LogP contribution < -0.4 is 10.2 Å². The number of ether oxygens (including phenoxy) is 1. The number of nitrogens with one attached hydrogen (secondary N) is 1. The van der Waals surface area contributed by atoms with Crippen LogP contribution >= 0.6 is 0 Å². The quantitative estimate of drug-likeness (QED) is 0.542. The number of aromatic hydroxyl groups is 1. The summed E-state index contributed by atoms with van der Waals surface area (Å²) < 4.78 is 6.67. The Bertz CT molecular complexity index is 1220. The molecule has 6 atom stereocenters. The number of phenols is 1. The summed E-state index contributed by atoms with van der Waals surface area (Å²) in [6.07, 6.45) is 5.63. The summed E-state index contributed by atoms with van der Waals surface area (Å²) in [7, 11) is 0. The topological polar surface area (TPSA) is 74.2 Å². The van der Waals surface area contributed by atoms with E-state index in [1.54, 1.807) is 18.2 Å². The van der Waals surface area contributed by atoms with E-state index in [1.807, 2.05) is 24.3 Å². The van der Waals surface area contributed by atoms with Crippen molar-refractivity contribution in [1.82, 2.24) is 10.3 Å². The number of nitrogens with zero attached hydrogens (tertiary/aromatic N) is 2. The van der Waals surface area contributed by atoms with Gasteiger partial charge in [0, 0.05) is 29.6 Å². The zero-order valence-corrected chi connectivity index (χ0v) is 19.1. The normalized spacial score (nSPS) is 35.5. The molecule has 5 aliphatic rings. The third kappa shape index (κ3) is 2.60. The molecule has 2 saturated carbocycles. The first-order valence-electron chi connectivity index (χ1n) is 12.4. The first-order chi connectivity index (χ1) is 16.6. The van der Waals surface area contributed by atoms with Crippen molar-refractivity contribution < 1.29 is 14.6 Å². The number of rotatable bonds is 4. The molecule has 3 fully saturated rings. The first kappa shape index (κ1) is 20.3. The molecule has 1 spiro atoms. The van der Waals surface area contributed by atoms with Crippen molar-refractivity contribution in [3.05, 3.63) is 71.8 Å². The van der Waals surface area contributed by atoms with Crippen molar-refractivity contribution in [2.45, 2.75) is 43.7 Å². The Morgan fingerprint density at radius 2 is 2.15 bits per heavy atom. The lowest BCUT2D eigenvalue weighted by atomic mass is 9.76. The molecule has 6 heteroatoms. The summed E-state index contributed by atoms with van der Waals surface area (Å²) in [5.41, 5.74) is 7.02. The van der Waals surface area contributed by atoms with Crippen LogP contribution in [0.5, 0.6) is 11.5 Å². The van der Waals surface area contributed by atoms with Gasteiger partial charge >= 0.3 is 0 Å². The Kier molecular flexibility index (Phi) is 4.29. The maximum absolute atomic E-state index is 12.7. The van der Waals surface area contributed by atoms with E-state index in [2.05, 4.69) is 28.1 Å². The fourth-order valence-electron chi connectivity index (χ4n) is 7.93. The lowest BCUT2D eigenvalue weighted by Gasteiger charge is -2.40. The molecule has 34 heavy (non-hydrogen) atoms. The number of amides is 1. The number of hydrazone groups is 1. The summed E-state index contributed by atoms with van der Waals surface area (Å²) in [6, 6.07) is 13.5. The summed E-state index contributed by atoms with van der Waals surface area (Å²) >= 11 is 0. The molecule has 4 bridgehead atoms. The van der Waals surface area contributed by atoms with Crippen LogP contribution in [-0.4, -0.2) is 46.9 Å². The van der Waals surface area contributed by atoms with Gasteiger partial charge < -0.3 is 9.84 Å². The van der Waals surface area contributed by atoms with Gasteiger partial charge in [-0.2, -0.15) is 5.10 Å². The van der Waals surface area contributed by atoms with E-state index < -0.39 is 0 Å². The largest absolute Gasteiger partial charge is 0.504 e. The average Bonchev–Trinajstić information content (AvgIpc) is 3.59. The van der Waals surface area contributed by atoms with E-state index in [0.29, 0.717) is 35.1 Å². The summed E-state index contributed by atoms with van der Waals surface area (Å²) in [6.45, 7) is 5.94. The summed E-state index contributed by atoms with van der Waals surface area (Å²) in [5.74, 6) is 1.94. The van der Waals surface area contributed by atoms with Crippen LogP contribution in [0.4, 0.5) is 0 Å². The maximum Gasteiger partial charge on any atom is 0.271 e. The van der Waals surface area contributed by atoms with Gasteiger partial charge in [-0.3, -0.25) is 9.69 Å². The molecule has 0 aromatic heterocycles. The van der Waals surface area contributed by atoms with E-state index >= 15 is 0 Å². The Morgan fingerprint density at radius 1 is 1.29 bits per heavy atom. The molecule has 0 radical (unpaired) electrons. The van der Waals surface area contributed by atoms with Gasteiger partial charge in [-0.15, -0.1) is 6.58 Å². The van der Waals surface area contributed by atoms with Crippen LogP contribution in [0.15, 0.2) is 60.2 Å². The van der Waals surface area contributed by atoms with Gasteiger partial charge in [0.25, 0.3) is 5.91 Å². The van der Waals surface area contributed by atoms with E-state index in [4.69, 9.17) is 4.74 Å².